The summed E-state index contributed by atoms with van der Waals surface area (Å²) in [5.41, 5.74) is 1.33. The molecule has 0 spiro atoms. The first-order valence-corrected chi connectivity index (χ1v) is 10.8. The Morgan fingerprint density at radius 2 is 1.97 bits per heavy atom. The van der Waals surface area contributed by atoms with Crippen LogP contribution in [0.4, 0.5) is 22.0 Å². The zero-order valence-electron chi connectivity index (χ0n) is 19.2. The second kappa shape index (κ2) is 8.05. The number of nitrogens with one attached hydrogen (secondary N) is 2. The summed E-state index contributed by atoms with van der Waals surface area (Å²) in [4.78, 5) is 38.4. The number of fused-ring (bicyclic) bond motifs is 3. The molecule has 1 atom stereocenters. The van der Waals surface area contributed by atoms with Crippen molar-refractivity contribution < 1.29 is 14.3 Å². The molecule has 0 saturated carbocycles. The number of ether oxygens (including phenoxy) is 1. The lowest BCUT2D eigenvalue weighted by Crippen LogP contribution is -2.68. The molecule has 0 aliphatic carbocycles. The van der Waals surface area contributed by atoms with Crippen molar-refractivity contribution in [2.45, 2.75) is 33.2 Å². The maximum atomic E-state index is 13.5. The van der Waals surface area contributed by atoms with Crippen molar-refractivity contribution in [3.05, 3.63) is 30.5 Å². The normalized spacial score (nSPS) is 20.5. The minimum Gasteiger partial charge on any atom is -0.377 e. The van der Waals surface area contributed by atoms with Crippen LogP contribution in [0.3, 0.4) is 0 Å². The lowest BCUT2D eigenvalue weighted by molar-refractivity contribution is -0.127. The number of nitrogens with zero attached hydrogens (tertiary/aromatic N) is 4. The molecule has 9 heteroatoms. The van der Waals surface area contributed by atoms with Crippen molar-refractivity contribution in [1.82, 2.24) is 15.3 Å². The van der Waals surface area contributed by atoms with Gasteiger partial charge >= 0.3 is 6.03 Å². The number of anilines is 3. The topological polar surface area (TPSA) is 99.7 Å². The molecule has 32 heavy (non-hydrogen) atoms. The molecule has 3 amide bonds. The minimum absolute atomic E-state index is 0.0144. The Hall–Kier alpha value is -3.20. The minimum atomic E-state index is -0.802. The van der Waals surface area contributed by atoms with Crippen LogP contribution in [0.1, 0.15) is 27.7 Å². The first-order chi connectivity index (χ1) is 15.1. The number of aromatic nitrogens is 2. The predicted octanol–water partition coefficient (Wildman–Crippen LogP) is 2.88. The van der Waals surface area contributed by atoms with Gasteiger partial charge in [0.1, 0.15) is 11.2 Å². The summed E-state index contributed by atoms with van der Waals surface area (Å²) >= 11 is 0. The molecule has 4 rings (SSSR count). The van der Waals surface area contributed by atoms with Gasteiger partial charge in [0.05, 0.1) is 19.4 Å². The molecule has 2 aromatic rings. The van der Waals surface area contributed by atoms with Crippen LogP contribution < -0.4 is 20.4 Å². The molecule has 0 radical (unpaired) electrons. The van der Waals surface area contributed by atoms with E-state index >= 15 is 0 Å². The molecule has 2 aliphatic rings. The monoisotopic (exact) mass is 438 g/mol. The number of carbonyl (C=O) groups excluding carboxylic acids is 2. The number of amides is 3. The molecular weight excluding hydrogens is 408 g/mol. The molecule has 1 unspecified atom stereocenters. The van der Waals surface area contributed by atoms with Crippen LogP contribution in [-0.4, -0.2) is 60.8 Å². The fourth-order valence-electron chi connectivity index (χ4n) is 4.09. The summed E-state index contributed by atoms with van der Waals surface area (Å²) in [5.74, 6) is 1.33. The average molecular weight is 439 g/mol. The van der Waals surface area contributed by atoms with Crippen LogP contribution >= 0.6 is 0 Å². The average Bonchev–Trinajstić information content (AvgIpc) is 2.76. The predicted molar refractivity (Wildman–Crippen MR) is 124 cm³/mol. The summed E-state index contributed by atoms with van der Waals surface area (Å²) in [5, 5.41) is 5.26. The number of morpholine rings is 1. The van der Waals surface area contributed by atoms with Gasteiger partial charge in [-0.1, -0.05) is 20.8 Å². The molecule has 170 valence electrons. The van der Waals surface area contributed by atoms with E-state index in [2.05, 4.69) is 41.3 Å². The summed E-state index contributed by atoms with van der Waals surface area (Å²) in [7, 11) is 1.57. The molecule has 0 bridgehead atoms. The smallest absolute Gasteiger partial charge is 0.318 e. The van der Waals surface area contributed by atoms with Crippen molar-refractivity contribution >= 4 is 29.1 Å². The fourth-order valence-corrected chi connectivity index (χ4v) is 4.09. The SMILES string of the molecule is CNC(=O)Nc1ccc(-c2ncc3c(n2)N2CCOCC2(C)C(=O)N3CC(C)(C)C)cc1. The van der Waals surface area contributed by atoms with Crippen molar-refractivity contribution in [2.75, 3.05) is 48.5 Å². The largest absolute Gasteiger partial charge is 0.377 e. The van der Waals surface area contributed by atoms with E-state index in [9.17, 15) is 9.59 Å². The van der Waals surface area contributed by atoms with Gasteiger partial charge in [-0.05, 0) is 36.6 Å². The van der Waals surface area contributed by atoms with Crippen molar-refractivity contribution in [3.63, 3.8) is 0 Å². The highest BCUT2D eigenvalue weighted by Crippen LogP contribution is 2.42. The highest BCUT2D eigenvalue weighted by molar-refractivity contribution is 6.08. The Balaban J connectivity index is 1.74. The zero-order chi connectivity index (χ0) is 23.1. The molecule has 1 aromatic heterocycles. The fraction of sp³-hybridized carbons (Fsp3) is 0.478. The van der Waals surface area contributed by atoms with Crippen LogP contribution in [0.2, 0.25) is 0 Å². The van der Waals surface area contributed by atoms with E-state index in [-0.39, 0.29) is 17.4 Å². The van der Waals surface area contributed by atoms with Gasteiger partial charge < -0.3 is 25.2 Å². The number of hydrogen-bond acceptors (Lipinski definition) is 6. The Bertz CT molecular complexity index is 1030. The summed E-state index contributed by atoms with van der Waals surface area (Å²) in [6.07, 6.45) is 1.74. The Morgan fingerprint density at radius 3 is 2.62 bits per heavy atom. The Labute approximate surface area is 188 Å². The van der Waals surface area contributed by atoms with Crippen LogP contribution in [0, 0.1) is 5.41 Å². The molecule has 2 N–H and O–H groups in total. The summed E-state index contributed by atoms with van der Waals surface area (Å²) in [6, 6.07) is 7.07. The Kier molecular flexibility index (Phi) is 5.54. The van der Waals surface area contributed by atoms with E-state index in [4.69, 9.17) is 9.72 Å². The van der Waals surface area contributed by atoms with Gasteiger partial charge in [-0.2, -0.15) is 0 Å². The highest BCUT2D eigenvalue weighted by atomic mass is 16.5. The third-order valence-electron chi connectivity index (χ3n) is 5.70. The van der Waals surface area contributed by atoms with Crippen LogP contribution in [0.15, 0.2) is 30.5 Å². The van der Waals surface area contributed by atoms with Crippen LogP contribution in [0.25, 0.3) is 11.4 Å². The molecule has 1 aromatic carbocycles. The van der Waals surface area contributed by atoms with E-state index in [1.807, 2.05) is 31.2 Å². The third kappa shape index (κ3) is 4.00. The van der Waals surface area contributed by atoms with Gasteiger partial charge in [0.15, 0.2) is 11.6 Å². The molecule has 1 saturated heterocycles. The number of carbonyl (C=O) groups is 2. The van der Waals surface area contributed by atoms with E-state index in [1.54, 1.807) is 18.1 Å². The van der Waals surface area contributed by atoms with E-state index < -0.39 is 5.54 Å². The highest BCUT2D eigenvalue weighted by Gasteiger charge is 2.51. The van der Waals surface area contributed by atoms with Gasteiger partial charge in [-0.3, -0.25) is 4.79 Å². The molecular formula is C23H30N6O3. The van der Waals surface area contributed by atoms with Gasteiger partial charge in [-0.15, -0.1) is 0 Å². The number of rotatable bonds is 3. The maximum Gasteiger partial charge on any atom is 0.318 e. The molecule has 9 nitrogen and oxygen atoms in total. The first kappa shape index (κ1) is 22.0. The van der Waals surface area contributed by atoms with Crippen molar-refractivity contribution in [3.8, 4) is 11.4 Å². The van der Waals surface area contributed by atoms with E-state index in [0.717, 1.165) is 17.1 Å². The summed E-state index contributed by atoms with van der Waals surface area (Å²) < 4.78 is 5.70. The zero-order valence-corrected chi connectivity index (χ0v) is 19.2. The second-order valence-electron chi connectivity index (χ2n) is 9.61. The number of benzene rings is 1. The van der Waals surface area contributed by atoms with Crippen molar-refractivity contribution in [1.29, 1.82) is 0 Å². The van der Waals surface area contributed by atoms with Gasteiger partial charge in [0.2, 0.25) is 0 Å². The quantitative estimate of drug-likeness (QED) is 0.765. The van der Waals surface area contributed by atoms with Crippen LogP contribution in [-0.2, 0) is 9.53 Å². The van der Waals surface area contributed by atoms with Crippen molar-refractivity contribution in [2.24, 2.45) is 5.41 Å². The standard InChI is InChI=1S/C23H30N6O3/c1-22(2,3)13-28-17-12-25-18(15-6-8-16(9-7-15)26-21(31)24-5)27-19(17)29-10-11-32-14-23(29,4)20(28)30/h6-9,12H,10-11,13-14H2,1-5H3,(H2,24,26,31). The van der Waals surface area contributed by atoms with E-state index in [0.29, 0.717) is 37.8 Å². The summed E-state index contributed by atoms with van der Waals surface area (Å²) in [6.45, 7) is 10.3. The Morgan fingerprint density at radius 1 is 1.25 bits per heavy atom. The number of urea groups is 1. The van der Waals surface area contributed by atoms with E-state index in [1.165, 1.54) is 0 Å². The lowest BCUT2D eigenvalue weighted by Gasteiger charge is -2.51. The van der Waals surface area contributed by atoms with Crippen LogP contribution in [0.5, 0.6) is 0 Å². The molecule has 1 fully saturated rings. The van der Waals surface area contributed by atoms with Gasteiger partial charge in [0, 0.05) is 31.4 Å². The molecule has 3 heterocycles. The van der Waals surface area contributed by atoms with Gasteiger partial charge in [-0.25, -0.2) is 14.8 Å². The van der Waals surface area contributed by atoms with Gasteiger partial charge in [0.25, 0.3) is 5.91 Å². The third-order valence-corrected chi connectivity index (χ3v) is 5.70. The maximum absolute atomic E-state index is 13.5. The second-order valence-corrected chi connectivity index (χ2v) is 9.61. The lowest BCUT2D eigenvalue weighted by atomic mass is 9.90. The first-order valence-electron chi connectivity index (χ1n) is 10.8. The number of hydrogen-bond donors (Lipinski definition) is 2. The molecule has 2 aliphatic heterocycles.